The van der Waals surface area contributed by atoms with Crippen LogP contribution in [0.25, 0.3) is 0 Å². The third-order valence-electron chi connectivity index (χ3n) is 5.32. The van der Waals surface area contributed by atoms with E-state index in [1.54, 1.807) is 16.9 Å². The van der Waals surface area contributed by atoms with Crippen molar-refractivity contribution in [1.29, 1.82) is 0 Å². The van der Waals surface area contributed by atoms with Crippen LogP contribution in [0, 0.1) is 0 Å². The number of hydrogen-bond acceptors (Lipinski definition) is 5. The van der Waals surface area contributed by atoms with Gasteiger partial charge in [-0.1, -0.05) is 30.3 Å². The minimum atomic E-state index is -0.344. The topological polar surface area (TPSA) is 73.9 Å². The molecule has 2 atom stereocenters. The van der Waals surface area contributed by atoms with E-state index in [0.29, 0.717) is 19.5 Å². The first-order valence-corrected chi connectivity index (χ1v) is 9.45. The SMILES string of the molecule is COc1ccc(C2CC(C(=O)N3CCN(c4ccccc4)C(=O)C3)NN2)cc1. The quantitative estimate of drug-likeness (QED) is 0.841. The fourth-order valence-corrected chi connectivity index (χ4v) is 3.74. The summed E-state index contributed by atoms with van der Waals surface area (Å²) in [5.41, 5.74) is 8.25. The van der Waals surface area contributed by atoms with E-state index < -0.39 is 0 Å². The highest BCUT2D eigenvalue weighted by molar-refractivity contribution is 5.98. The number of hydrazine groups is 1. The number of hydrogen-bond donors (Lipinski definition) is 2. The van der Waals surface area contributed by atoms with E-state index in [2.05, 4.69) is 10.9 Å². The first-order chi connectivity index (χ1) is 13.7. The van der Waals surface area contributed by atoms with E-state index in [4.69, 9.17) is 4.74 Å². The summed E-state index contributed by atoms with van der Waals surface area (Å²) in [5.74, 6) is 0.713. The molecule has 0 aliphatic carbocycles. The highest BCUT2D eigenvalue weighted by atomic mass is 16.5. The summed E-state index contributed by atoms with van der Waals surface area (Å²) in [6.07, 6.45) is 0.637. The van der Waals surface area contributed by atoms with Gasteiger partial charge in [0.1, 0.15) is 18.3 Å². The summed E-state index contributed by atoms with van der Waals surface area (Å²) in [6.45, 7) is 1.15. The van der Waals surface area contributed by atoms with Crippen molar-refractivity contribution in [1.82, 2.24) is 15.8 Å². The van der Waals surface area contributed by atoms with Crippen molar-refractivity contribution in [3.8, 4) is 5.75 Å². The Morgan fingerprint density at radius 1 is 1.04 bits per heavy atom. The zero-order chi connectivity index (χ0) is 19.5. The Labute approximate surface area is 164 Å². The van der Waals surface area contributed by atoms with Gasteiger partial charge in [-0.25, -0.2) is 10.9 Å². The minimum Gasteiger partial charge on any atom is -0.497 e. The van der Waals surface area contributed by atoms with Gasteiger partial charge in [-0.3, -0.25) is 9.59 Å². The third kappa shape index (κ3) is 3.72. The molecule has 0 radical (unpaired) electrons. The summed E-state index contributed by atoms with van der Waals surface area (Å²) in [6, 6.07) is 17.1. The van der Waals surface area contributed by atoms with E-state index in [-0.39, 0.29) is 30.4 Å². The maximum absolute atomic E-state index is 12.9. The zero-order valence-electron chi connectivity index (χ0n) is 15.8. The Morgan fingerprint density at radius 3 is 2.46 bits per heavy atom. The van der Waals surface area contributed by atoms with Crippen LogP contribution in [0.4, 0.5) is 5.69 Å². The summed E-state index contributed by atoms with van der Waals surface area (Å²) in [5, 5.41) is 0. The van der Waals surface area contributed by atoms with E-state index in [1.165, 1.54) is 0 Å². The fourth-order valence-electron chi connectivity index (χ4n) is 3.74. The molecule has 2 aliphatic rings. The monoisotopic (exact) mass is 380 g/mol. The molecule has 0 aromatic heterocycles. The molecular formula is C21H24N4O3. The average molecular weight is 380 g/mol. The lowest BCUT2D eigenvalue weighted by Gasteiger charge is -2.35. The number of anilines is 1. The second-order valence-electron chi connectivity index (χ2n) is 7.04. The van der Waals surface area contributed by atoms with Crippen LogP contribution in [0.2, 0.25) is 0 Å². The van der Waals surface area contributed by atoms with Crippen LogP contribution >= 0.6 is 0 Å². The molecule has 2 saturated heterocycles. The predicted octanol–water partition coefficient (Wildman–Crippen LogP) is 1.48. The van der Waals surface area contributed by atoms with Crippen LogP contribution in [-0.4, -0.2) is 49.5 Å². The molecule has 2 heterocycles. The van der Waals surface area contributed by atoms with Gasteiger partial charge in [-0.2, -0.15) is 0 Å². The number of para-hydroxylation sites is 1. The first-order valence-electron chi connectivity index (χ1n) is 9.45. The Morgan fingerprint density at radius 2 is 1.79 bits per heavy atom. The van der Waals surface area contributed by atoms with E-state index >= 15 is 0 Å². The molecule has 28 heavy (non-hydrogen) atoms. The highest BCUT2D eigenvalue weighted by Gasteiger charge is 2.36. The van der Waals surface area contributed by atoms with Crippen LogP contribution in [0.1, 0.15) is 18.0 Å². The number of nitrogens with zero attached hydrogens (tertiary/aromatic N) is 2. The number of methoxy groups -OCH3 is 1. The summed E-state index contributed by atoms with van der Waals surface area (Å²) in [7, 11) is 1.64. The Balaban J connectivity index is 1.36. The third-order valence-corrected chi connectivity index (χ3v) is 5.32. The Bertz CT molecular complexity index is 840. The maximum atomic E-state index is 12.9. The summed E-state index contributed by atoms with van der Waals surface area (Å²) in [4.78, 5) is 28.8. The summed E-state index contributed by atoms with van der Waals surface area (Å²) >= 11 is 0. The molecule has 2 aromatic rings. The number of rotatable bonds is 4. The lowest BCUT2D eigenvalue weighted by atomic mass is 10.0. The molecule has 2 amide bonds. The number of piperazine rings is 1. The van der Waals surface area contributed by atoms with Gasteiger partial charge in [-0.15, -0.1) is 0 Å². The number of ether oxygens (including phenoxy) is 1. The molecule has 2 fully saturated rings. The van der Waals surface area contributed by atoms with Gasteiger partial charge < -0.3 is 14.5 Å². The molecule has 2 aromatic carbocycles. The molecule has 2 aliphatic heterocycles. The van der Waals surface area contributed by atoms with Crippen LogP contribution in [-0.2, 0) is 9.59 Å². The van der Waals surface area contributed by atoms with Gasteiger partial charge >= 0.3 is 0 Å². The largest absolute Gasteiger partial charge is 0.497 e. The maximum Gasteiger partial charge on any atom is 0.246 e. The van der Waals surface area contributed by atoms with Gasteiger partial charge in [-0.05, 0) is 36.2 Å². The second-order valence-corrected chi connectivity index (χ2v) is 7.04. The van der Waals surface area contributed by atoms with Crippen LogP contribution in [0.15, 0.2) is 54.6 Å². The molecular weight excluding hydrogens is 356 g/mol. The fraction of sp³-hybridized carbons (Fsp3) is 0.333. The molecule has 2 N–H and O–H groups in total. The van der Waals surface area contributed by atoms with Gasteiger partial charge in [0.2, 0.25) is 11.8 Å². The van der Waals surface area contributed by atoms with Crippen molar-refractivity contribution >= 4 is 17.5 Å². The van der Waals surface area contributed by atoms with Crippen molar-refractivity contribution in [2.75, 3.05) is 31.6 Å². The lowest BCUT2D eigenvalue weighted by Crippen LogP contribution is -2.56. The van der Waals surface area contributed by atoms with Gasteiger partial charge in [0.25, 0.3) is 0 Å². The predicted molar refractivity (Wildman–Crippen MR) is 106 cm³/mol. The van der Waals surface area contributed by atoms with Crippen molar-refractivity contribution in [3.63, 3.8) is 0 Å². The number of nitrogens with one attached hydrogen (secondary N) is 2. The van der Waals surface area contributed by atoms with Crippen LogP contribution < -0.4 is 20.5 Å². The number of carbonyl (C=O) groups excluding carboxylic acids is 2. The molecule has 0 saturated carbocycles. The molecule has 7 heteroatoms. The van der Waals surface area contributed by atoms with Crippen molar-refractivity contribution in [2.45, 2.75) is 18.5 Å². The van der Waals surface area contributed by atoms with Crippen molar-refractivity contribution in [3.05, 3.63) is 60.2 Å². The molecule has 146 valence electrons. The van der Waals surface area contributed by atoms with Crippen LogP contribution in [0.5, 0.6) is 5.75 Å². The van der Waals surface area contributed by atoms with Crippen molar-refractivity contribution in [2.24, 2.45) is 0 Å². The molecule has 0 spiro atoms. The smallest absolute Gasteiger partial charge is 0.246 e. The van der Waals surface area contributed by atoms with E-state index in [9.17, 15) is 9.59 Å². The second kappa shape index (κ2) is 8.00. The van der Waals surface area contributed by atoms with Gasteiger partial charge in [0.05, 0.1) is 7.11 Å². The van der Waals surface area contributed by atoms with E-state index in [1.807, 2.05) is 54.6 Å². The minimum absolute atomic E-state index is 0.0374. The van der Waals surface area contributed by atoms with E-state index in [0.717, 1.165) is 17.0 Å². The zero-order valence-corrected chi connectivity index (χ0v) is 15.8. The van der Waals surface area contributed by atoms with Crippen LogP contribution in [0.3, 0.4) is 0 Å². The normalized spacial score (nSPS) is 22.4. The summed E-state index contributed by atoms with van der Waals surface area (Å²) < 4.78 is 5.19. The molecule has 0 bridgehead atoms. The number of benzene rings is 2. The Hall–Kier alpha value is -2.90. The molecule has 4 rings (SSSR count). The Kier molecular flexibility index (Phi) is 5.27. The van der Waals surface area contributed by atoms with Crippen molar-refractivity contribution < 1.29 is 14.3 Å². The number of carbonyl (C=O) groups is 2. The first kappa shape index (κ1) is 18.5. The number of amides is 2. The molecule has 2 unspecified atom stereocenters. The standard InChI is InChI=1S/C21H24N4O3/c1-28-17-9-7-15(8-10-17)18-13-19(23-22-18)21(27)24-11-12-25(20(26)14-24)16-5-3-2-4-6-16/h2-10,18-19,22-23H,11-14H2,1H3. The lowest BCUT2D eigenvalue weighted by molar-refractivity contribution is -0.138. The van der Waals surface area contributed by atoms with Gasteiger partial charge in [0.15, 0.2) is 0 Å². The van der Waals surface area contributed by atoms with Gasteiger partial charge in [0, 0.05) is 24.8 Å². The molecule has 7 nitrogen and oxygen atoms in total. The average Bonchev–Trinajstić information content (AvgIpc) is 3.24. The highest BCUT2D eigenvalue weighted by Crippen LogP contribution is 2.25.